The minimum absolute atomic E-state index is 0.0127. The molecule has 23 heteroatoms. The number of aliphatic carboxylic acids is 3. The van der Waals surface area contributed by atoms with Crippen LogP contribution in [0.25, 0.3) is 11.1 Å². The van der Waals surface area contributed by atoms with Crippen molar-refractivity contribution in [2.45, 2.75) is 76.6 Å². The minimum atomic E-state index is -5.08. The molecule has 1 unspecified atom stereocenters. The number of carbonyl (C=O) groups is 7. The number of thioether (sulfide) groups is 1. The van der Waals surface area contributed by atoms with Crippen LogP contribution in [0.2, 0.25) is 0 Å². The van der Waals surface area contributed by atoms with Crippen molar-refractivity contribution in [3.63, 3.8) is 0 Å². The van der Waals surface area contributed by atoms with Crippen LogP contribution in [0.4, 0.5) is 22.0 Å². The van der Waals surface area contributed by atoms with E-state index in [-0.39, 0.29) is 43.3 Å². The van der Waals surface area contributed by atoms with Gasteiger partial charge in [-0.25, -0.2) is 13.6 Å². The molecule has 2 aromatic carbocycles. The molecule has 4 atom stereocenters. The standard InChI is InChI=1S/C39H51F2N7O8S.C2HF3O2/c1-23(49)48(15-12-29(42)36(52)45-14-13-44-34(51)19-46-33(50)18-32(38(55)56)57-22-30(43)37(53)54)35(39(2,3)4)31-16-25(27-17-26(40)10-11-28(27)41)21-47(31)20-24-8-6-5-7-9-24;3-2(4,5)1(6)7/h5-11,16-17,21,29-30,32,35H,12-15,18-20,22,42-43H2,1-4H3,(H,44,51)(H,45,52)(H,46,50)(H,53,54)(H,55,56);(H,6,7)/t29-,30-,32?,35-;/m0./s1. The van der Waals surface area contributed by atoms with Crippen molar-refractivity contribution in [2.24, 2.45) is 16.9 Å². The fourth-order valence-electron chi connectivity index (χ4n) is 6.00. The smallest absolute Gasteiger partial charge is 0.480 e. The predicted octanol–water partition coefficient (Wildman–Crippen LogP) is 3.11. The molecule has 0 spiro atoms. The van der Waals surface area contributed by atoms with Crippen LogP contribution in [0.5, 0.6) is 0 Å². The molecule has 3 rings (SSSR count). The lowest BCUT2D eigenvalue weighted by Gasteiger charge is -2.41. The molecule has 1 heterocycles. The number of carboxylic acid groups (broad SMARTS) is 3. The summed E-state index contributed by atoms with van der Waals surface area (Å²) in [6.07, 6.45) is -3.79. The Morgan fingerprint density at radius 2 is 1.44 bits per heavy atom. The van der Waals surface area contributed by atoms with Gasteiger partial charge in [0.1, 0.15) is 22.9 Å². The van der Waals surface area contributed by atoms with Gasteiger partial charge in [-0.2, -0.15) is 13.2 Å². The molecule has 4 amide bonds. The summed E-state index contributed by atoms with van der Waals surface area (Å²) in [5, 5.41) is 31.5. The van der Waals surface area contributed by atoms with E-state index < -0.39 is 95.2 Å². The third kappa shape index (κ3) is 18.0. The monoisotopic (exact) mass is 929 g/mol. The first-order valence-electron chi connectivity index (χ1n) is 19.4. The number of aromatic nitrogens is 1. The van der Waals surface area contributed by atoms with Crippen molar-refractivity contribution in [3.8, 4) is 11.1 Å². The Hall–Kier alpha value is -6.07. The molecule has 17 nitrogen and oxygen atoms in total. The third-order valence-corrected chi connectivity index (χ3v) is 10.4. The summed E-state index contributed by atoms with van der Waals surface area (Å²) in [6.45, 7) is 7.23. The van der Waals surface area contributed by atoms with Crippen molar-refractivity contribution in [1.82, 2.24) is 25.4 Å². The number of amides is 4. The number of benzene rings is 2. The molecule has 0 aliphatic rings. The van der Waals surface area contributed by atoms with Crippen LogP contribution in [0.15, 0.2) is 60.8 Å². The molecule has 0 saturated heterocycles. The molecule has 0 saturated carbocycles. The Kier molecular flexibility index (Phi) is 20.9. The Balaban J connectivity index is 0.00000185. The largest absolute Gasteiger partial charge is 0.490 e. The van der Waals surface area contributed by atoms with E-state index in [1.807, 2.05) is 55.7 Å². The van der Waals surface area contributed by atoms with Gasteiger partial charge in [0.15, 0.2) is 0 Å². The van der Waals surface area contributed by atoms with E-state index in [0.29, 0.717) is 29.6 Å². The maximum absolute atomic E-state index is 15.0. The van der Waals surface area contributed by atoms with E-state index in [0.717, 1.165) is 23.8 Å². The first kappa shape index (κ1) is 54.1. The number of nitrogens with two attached hydrogens (primary N) is 2. The van der Waals surface area contributed by atoms with E-state index in [9.17, 15) is 51.4 Å². The number of rotatable bonds is 21. The van der Waals surface area contributed by atoms with E-state index in [1.165, 1.54) is 6.92 Å². The van der Waals surface area contributed by atoms with Gasteiger partial charge >= 0.3 is 24.1 Å². The van der Waals surface area contributed by atoms with Gasteiger partial charge in [0.05, 0.1) is 18.6 Å². The fraction of sp³-hybridized carbons (Fsp3) is 0.439. The highest BCUT2D eigenvalue weighted by Gasteiger charge is 2.38. The highest BCUT2D eigenvalue weighted by Crippen LogP contribution is 2.41. The quantitative estimate of drug-likeness (QED) is 0.0564. The second-order valence-electron chi connectivity index (χ2n) is 15.3. The summed E-state index contributed by atoms with van der Waals surface area (Å²) in [5.41, 5.74) is 13.2. The number of hydrogen-bond donors (Lipinski definition) is 8. The Bertz CT molecular complexity index is 2100. The lowest BCUT2D eigenvalue weighted by atomic mass is 9.82. The molecular weight excluding hydrogens is 878 g/mol. The Labute approximate surface area is 369 Å². The van der Waals surface area contributed by atoms with Gasteiger partial charge in [-0.15, -0.1) is 11.8 Å². The van der Waals surface area contributed by atoms with Gasteiger partial charge in [-0.3, -0.25) is 28.8 Å². The molecule has 10 N–H and O–H groups in total. The van der Waals surface area contributed by atoms with Gasteiger partial charge in [-0.1, -0.05) is 51.1 Å². The van der Waals surface area contributed by atoms with Crippen molar-refractivity contribution >= 4 is 53.3 Å². The first-order valence-corrected chi connectivity index (χ1v) is 20.4. The van der Waals surface area contributed by atoms with E-state index in [1.54, 1.807) is 17.2 Å². The molecule has 3 aromatic rings. The number of carboxylic acids is 3. The summed E-state index contributed by atoms with van der Waals surface area (Å²) < 4.78 is 62.9. The fourth-order valence-corrected chi connectivity index (χ4v) is 6.99. The second kappa shape index (κ2) is 24.7. The van der Waals surface area contributed by atoms with E-state index in [4.69, 9.17) is 26.5 Å². The zero-order valence-corrected chi connectivity index (χ0v) is 36.1. The van der Waals surface area contributed by atoms with Crippen LogP contribution < -0.4 is 27.4 Å². The van der Waals surface area contributed by atoms with Crippen molar-refractivity contribution in [3.05, 3.63) is 83.7 Å². The average molecular weight is 930 g/mol. The van der Waals surface area contributed by atoms with Crippen molar-refractivity contribution in [1.29, 1.82) is 0 Å². The number of carbonyl (C=O) groups excluding carboxylic acids is 4. The van der Waals surface area contributed by atoms with Crippen LogP contribution in [0, 0.1) is 17.0 Å². The summed E-state index contributed by atoms with van der Waals surface area (Å²) in [5.74, 6) is -9.00. The SMILES string of the molecule is CC(=O)N(CC[C@H](N)C(=O)NCCNC(=O)CNC(=O)CC(SC[C@H](N)C(=O)O)C(=O)O)[C@@H](c1cc(-c2cc(F)ccc2F)cn1Cc1ccccc1)C(C)(C)C.O=C(O)C(F)(F)F. The maximum atomic E-state index is 15.0. The molecule has 64 heavy (non-hydrogen) atoms. The molecule has 0 aliphatic heterocycles. The van der Waals surface area contributed by atoms with Crippen molar-refractivity contribution in [2.75, 3.05) is 31.9 Å². The molecule has 0 radical (unpaired) electrons. The maximum Gasteiger partial charge on any atom is 0.490 e. The van der Waals surface area contributed by atoms with Crippen LogP contribution in [-0.4, -0.2) is 122 Å². The molecule has 0 fully saturated rings. The second-order valence-corrected chi connectivity index (χ2v) is 16.5. The van der Waals surface area contributed by atoms with Crippen molar-refractivity contribution < 1.29 is 70.8 Å². The number of nitrogens with zero attached hydrogens (tertiary/aromatic N) is 2. The summed E-state index contributed by atoms with van der Waals surface area (Å²) in [4.78, 5) is 83.5. The molecule has 1 aromatic heterocycles. The highest BCUT2D eigenvalue weighted by atomic mass is 32.2. The lowest BCUT2D eigenvalue weighted by Crippen LogP contribution is -2.47. The third-order valence-electron chi connectivity index (χ3n) is 9.07. The van der Waals surface area contributed by atoms with Gasteiger partial charge in [0, 0.05) is 68.3 Å². The van der Waals surface area contributed by atoms with E-state index >= 15 is 4.39 Å². The zero-order chi connectivity index (χ0) is 48.5. The topological polar surface area (TPSA) is 276 Å². The Morgan fingerprint density at radius 1 is 0.828 bits per heavy atom. The van der Waals surface area contributed by atoms with Gasteiger partial charge in [-0.05, 0) is 41.7 Å². The predicted molar refractivity (Wildman–Crippen MR) is 224 cm³/mol. The normalized spacial score (nSPS) is 13.2. The molecule has 352 valence electrons. The van der Waals surface area contributed by atoms with Crippen LogP contribution >= 0.6 is 11.8 Å². The summed E-state index contributed by atoms with van der Waals surface area (Å²) in [6, 6.07) is 11.6. The van der Waals surface area contributed by atoms with Crippen LogP contribution in [0.3, 0.4) is 0 Å². The number of alkyl halides is 3. The number of nitrogens with one attached hydrogen (secondary N) is 3. The number of halogens is 5. The lowest BCUT2D eigenvalue weighted by molar-refractivity contribution is -0.192. The van der Waals surface area contributed by atoms with Crippen LogP contribution in [-0.2, 0) is 40.1 Å². The minimum Gasteiger partial charge on any atom is -0.480 e. The van der Waals surface area contributed by atoms with Gasteiger partial charge < -0.3 is 52.2 Å². The zero-order valence-electron chi connectivity index (χ0n) is 35.3. The molecular formula is C41H52F5N7O10S. The van der Waals surface area contributed by atoms with Gasteiger partial charge in [0.2, 0.25) is 23.6 Å². The summed E-state index contributed by atoms with van der Waals surface area (Å²) in [7, 11) is 0. The Morgan fingerprint density at radius 3 is 1.98 bits per heavy atom. The highest BCUT2D eigenvalue weighted by molar-refractivity contribution is 8.00. The molecule has 0 bridgehead atoms. The summed E-state index contributed by atoms with van der Waals surface area (Å²) >= 11 is 0.700. The van der Waals surface area contributed by atoms with Gasteiger partial charge in [0.25, 0.3) is 0 Å². The average Bonchev–Trinajstić information content (AvgIpc) is 3.60. The van der Waals surface area contributed by atoms with Crippen LogP contribution in [0.1, 0.15) is 57.8 Å². The molecule has 0 aliphatic carbocycles. The number of hydrogen-bond acceptors (Lipinski definition) is 10. The first-order chi connectivity index (χ1) is 29.7. The van der Waals surface area contributed by atoms with E-state index in [2.05, 4.69) is 16.0 Å².